The van der Waals surface area contributed by atoms with Crippen molar-refractivity contribution in [2.75, 3.05) is 26.2 Å². The summed E-state index contributed by atoms with van der Waals surface area (Å²) >= 11 is 0. The van der Waals surface area contributed by atoms with Crippen LogP contribution in [0.5, 0.6) is 0 Å². The summed E-state index contributed by atoms with van der Waals surface area (Å²) in [6.07, 6.45) is 25.7. The Hall–Kier alpha value is -0.0800. The van der Waals surface area contributed by atoms with Crippen molar-refractivity contribution in [1.29, 1.82) is 0 Å². The van der Waals surface area contributed by atoms with E-state index in [0.717, 1.165) is 47.6 Å². The minimum atomic E-state index is 0.913. The van der Waals surface area contributed by atoms with Gasteiger partial charge in [-0.2, -0.15) is 0 Å². The third-order valence-corrected chi connectivity index (χ3v) is 11.4. The topological polar surface area (TPSA) is 6.48 Å². The summed E-state index contributed by atoms with van der Waals surface area (Å²) in [5.74, 6) is 6.21. The number of likely N-dealkylation sites (tertiary alicyclic amines) is 2. The number of hydrogen-bond acceptors (Lipinski definition) is 2. The van der Waals surface area contributed by atoms with E-state index >= 15 is 0 Å². The Morgan fingerprint density at radius 1 is 0.636 bits per heavy atom. The highest BCUT2D eigenvalue weighted by Gasteiger charge is 2.40. The van der Waals surface area contributed by atoms with Crippen LogP contribution in [0.15, 0.2) is 0 Å². The van der Waals surface area contributed by atoms with Crippen LogP contribution >= 0.6 is 0 Å². The van der Waals surface area contributed by atoms with Crippen molar-refractivity contribution < 1.29 is 0 Å². The van der Waals surface area contributed by atoms with Gasteiger partial charge >= 0.3 is 0 Å². The molecule has 2 aliphatic heterocycles. The molecule has 2 atom stereocenters. The van der Waals surface area contributed by atoms with Crippen LogP contribution in [0, 0.1) is 35.5 Å². The number of rotatable bonds is 7. The highest BCUT2D eigenvalue weighted by molar-refractivity contribution is 4.94. The summed E-state index contributed by atoms with van der Waals surface area (Å²) in [6.45, 7) is 10.6. The summed E-state index contributed by atoms with van der Waals surface area (Å²) in [7, 11) is 0. The molecular weight excluding hydrogens is 400 g/mol. The lowest BCUT2D eigenvalue weighted by atomic mass is 9.66. The number of hydrogen-bond donors (Lipinski definition) is 0. The van der Waals surface area contributed by atoms with Crippen molar-refractivity contribution in [3.63, 3.8) is 0 Å². The van der Waals surface area contributed by atoms with Gasteiger partial charge in [-0.1, -0.05) is 52.4 Å². The Labute approximate surface area is 206 Å². The summed E-state index contributed by atoms with van der Waals surface area (Å²) in [5, 5.41) is 0. The smallest absolute Gasteiger partial charge is 0.0127 e. The van der Waals surface area contributed by atoms with Crippen LogP contribution in [-0.2, 0) is 0 Å². The molecule has 5 rings (SSSR count). The maximum absolute atomic E-state index is 2.99. The third-order valence-electron chi connectivity index (χ3n) is 11.4. The molecule has 3 aliphatic carbocycles. The second-order valence-electron chi connectivity index (χ2n) is 13.6. The molecule has 0 aromatic rings. The highest BCUT2D eigenvalue weighted by Crippen LogP contribution is 2.44. The van der Waals surface area contributed by atoms with Gasteiger partial charge in [-0.25, -0.2) is 0 Å². The largest absolute Gasteiger partial charge is 0.303 e. The predicted molar refractivity (Wildman–Crippen MR) is 141 cm³/mol. The second kappa shape index (κ2) is 11.8. The molecule has 33 heavy (non-hydrogen) atoms. The first kappa shape index (κ1) is 24.6. The zero-order chi connectivity index (χ0) is 22.6. The van der Waals surface area contributed by atoms with E-state index in [2.05, 4.69) is 23.6 Å². The van der Waals surface area contributed by atoms with Gasteiger partial charge in [0.15, 0.2) is 0 Å². The van der Waals surface area contributed by atoms with Gasteiger partial charge in [-0.05, 0) is 132 Å². The third kappa shape index (κ3) is 6.19. The van der Waals surface area contributed by atoms with Crippen molar-refractivity contribution in [1.82, 2.24) is 9.80 Å². The number of piperidine rings is 1. The lowest BCUT2D eigenvalue weighted by molar-refractivity contribution is 0.0723. The van der Waals surface area contributed by atoms with Crippen LogP contribution in [0.2, 0.25) is 0 Å². The van der Waals surface area contributed by atoms with Crippen LogP contribution in [0.3, 0.4) is 0 Å². The fourth-order valence-corrected chi connectivity index (χ4v) is 9.21. The maximum Gasteiger partial charge on any atom is 0.0127 e. The normalized spacial score (nSPS) is 40.5. The van der Waals surface area contributed by atoms with Crippen molar-refractivity contribution in [3.8, 4) is 0 Å². The summed E-state index contributed by atoms with van der Waals surface area (Å²) in [4.78, 5) is 5.85. The first-order valence-electron chi connectivity index (χ1n) is 15.7. The Morgan fingerprint density at radius 3 is 1.88 bits per heavy atom. The molecule has 0 spiro atoms. The molecule has 0 unspecified atom stereocenters. The molecule has 190 valence electrons. The van der Waals surface area contributed by atoms with Crippen molar-refractivity contribution >= 4 is 0 Å². The lowest BCUT2D eigenvalue weighted by Gasteiger charge is -2.42. The molecule has 0 bridgehead atoms. The minimum absolute atomic E-state index is 0.913. The molecule has 2 nitrogen and oxygen atoms in total. The predicted octanol–water partition coefficient (Wildman–Crippen LogP) is 7.76. The van der Waals surface area contributed by atoms with Crippen molar-refractivity contribution in [2.45, 2.75) is 135 Å². The zero-order valence-corrected chi connectivity index (χ0v) is 22.4. The maximum atomic E-state index is 2.99. The van der Waals surface area contributed by atoms with E-state index in [1.807, 2.05) is 0 Å². The van der Waals surface area contributed by atoms with E-state index < -0.39 is 0 Å². The molecule has 2 heterocycles. The highest BCUT2D eigenvalue weighted by atomic mass is 15.2. The van der Waals surface area contributed by atoms with Crippen molar-refractivity contribution in [3.05, 3.63) is 0 Å². The molecule has 0 aromatic heterocycles. The Balaban J connectivity index is 1.07. The van der Waals surface area contributed by atoms with Crippen molar-refractivity contribution in [2.24, 2.45) is 35.5 Å². The van der Waals surface area contributed by atoms with E-state index in [-0.39, 0.29) is 0 Å². The first-order chi connectivity index (χ1) is 16.2. The van der Waals surface area contributed by atoms with Crippen LogP contribution < -0.4 is 0 Å². The van der Waals surface area contributed by atoms with E-state index in [9.17, 15) is 0 Å². The summed E-state index contributed by atoms with van der Waals surface area (Å²) in [6, 6.07) is 1.88. The van der Waals surface area contributed by atoms with Crippen LogP contribution in [0.4, 0.5) is 0 Å². The SMILES string of the molecule is CC1CCC(C(CCCN2CCC(N3CC[C@H]4CCCC[C@H]43)CC2)C2CCC(C)CC2)CC1. The molecular formula is C31H56N2. The molecule has 2 saturated heterocycles. The molecule has 2 heteroatoms. The van der Waals surface area contributed by atoms with Gasteiger partial charge in [0, 0.05) is 12.1 Å². The van der Waals surface area contributed by atoms with Gasteiger partial charge in [-0.15, -0.1) is 0 Å². The molecule has 0 aromatic carbocycles. The molecule has 0 amide bonds. The van der Waals surface area contributed by atoms with Crippen LogP contribution in [0.25, 0.3) is 0 Å². The second-order valence-corrected chi connectivity index (χ2v) is 13.6. The quantitative estimate of drug-likeness (QED) is 0.386. The zero-order valence-electron chi connectivity index (χ0n) is 22.4. The van der Waals surface area contributed by atoms with Crippen LogP contribution in [-0.4, -0.2) is 48.1 Å². The molecule has 5 fully saturated rings. The van der Waals surface area contributed by atoms with Crippen LogP contribution in [0.1, 0.15) is 123 Å². The Kier molecular flexibility index (Phi) is 8.78. The van der Waals surface area contributed by atoms with Gasteiger partial charge in [0.05, 0.1) is 0 Å². The monoisotopic (exact) mass is 456 g/mol. The first-order valence-corrected chi connectivity index (χ1v) is 15.7. The average Bonchev–Trinajstić information content (AvgIpc) is 3.28. The van der Waals surface area contributed by atoms with E-state index in [0.29, 0.717) is 0 Å². The Morgan fingerprint density at radius 2 is 1.24 bits per heavy atom. The minimum Gasteiger partial charge on any atom is -0.303 e. The van der Waals surface area contributed by atoms with Gasteiger partial charge in [0.25, 0.3) is 0 Å². The summed E-state index contributed by atoms with van der Waals surface area (Å²) in [5.41, 5.74) is 0. The van der Waals surface area contributed by atoms with Gasteiger partial charge in [0.2, 0.25) is 0 Å². The molecule has 0 radical (unpaired) electrons. The summed E-state index contributed by atoms with van der Waals surface area (Å²) < 4.78 is 0. The fourth-order valence-electron chi connectivity index (χ4n) is 9.21. The van der Waals surface area contributed by atoms with Gasteiger partial charge < -0.3 is 4.90 Å². The van der Waals surface area contributed by atoms with E-state index in [1.165, 1.54) is 110 Å². The number of nitrogens with zero attached hydrogens (tertiary/aromatic N) is 2. The van der Waals surface area contributed by atoms with Gasteiger partial charge in [0.1, 0.15) is 0 Å². The fraction of sp³-hybridized carbons (Fsp3) is 1.00. The van der Waals surface area contributed by atoms with Gasteiger partial charge in [-0.3, -0.25) is 4.90 Å². The standard InChI is InChI=1S/C31H56N2/c1-24-9-13-26(14-10-24)30(27-15-11-25(2)12-16-27)7-5-20-32-21-18-29(19-22-32)33-23-17-28-6-3-4-8-31(28)33/h24-31H,3-23H2,1-2H3/t24?,25?,26?,27?,28-,30?,31-/m1/s1. The number of fused-ring (bicyclic) bond motifs is 1. The Bertz CT molecular complexity index is 543. The molecule has 0 N–H and O–H groups in total. The average molecular weight is 457 g/mol. The molecule has 5 aliphatic rings. The molecule has 3 saturated carbocycles. The lowest BCUT2D eigenvalue weighted by Crippen LogP contribution is -2.48. The van der Waals surface area contributed by atoms with E-state index in [4.69, 9.17) is 0 Å². The van der Waals surface area contributed by atoms with E-state index in [1.54, 1.807) is 25.7 Å².